The van der Waals surface area contributed by atoms with Crippen LogP contribution in [0.3, 0.4) is 0 Å². The van der Waals surface area contributed by atoms with Crippen LogP contribution in [-0.2, 0) is 0 Å². The minimum atomic E-state index is -0.113. The van der Waals surface area contributed by atoms with Crippen molar-refractivity contribution in [1.82, 2.24) is 14.9 Å². The molecule has 0 unspecified atom stereocenters. The maximum Gasteiger partial charge on any atom is 0.251 e. The van der Waals surface area contributed by atoms with Gasteiger partial charge in [0.05, 0.1) is 11.4 Å². The molecule has 2 rings (SSSR count). The number of imidazole rings is 1. The molecule has 0 bridgehead atoms. The van der Waals surface area contributed by atoms with Crippen molar-refractivity contribution >= 4 is 11.6 Å². The number of nitrogens with one attached hydrogen (secondary N) is 1. The highest BCUT2D eigenvalue weighted by molar-refractivity contribution is 5.95. The Labute approximate surface area is 106 Å². The summed E-state index contributed by atoms with van der Waals surface area (Å²) in [6.07, 6.45) is 3.55. The topological polar surface area (TPSA) is 72.9 Å². The van der Waals surface area contributed by atoms with Gasteiger partial charge in [-0.05, 0) is 32.0 Å². The minimum Gasteiger partial charge on any atom is -0.397 e. The molecule has 0 saturated heterocycles. The van der Waals surface area contributed by atoms with E-state index in [1.807, 2.05) is 30.7 Å². The molecule has 3 N–H and O–H groups in total. The van der Waals surface area contributed by atoms with Crippen molar-refractivity contribution in [3.8, 4) is 5.69 Å². The van der Waals surface area contributed by atoms with Crippen molar-refractivity contribution in [2.45, 2.75) is 13.8 Å². The van der Waals surface area contributed by atoms with Crippen LogP contribution in [0.1, 0.15) is 23.1 Å². The summed E-state index contributed by atoms with van der Waals surface area (Å²) < 4.78 is 1.89. The van der Waals surface area contributed by atoms with Gasteiger partial charge in [-0.2, -0.15) is 0 Å². The summed E-state index contributed by atoms with van der Waals surface area (Å²) in [4.78, 5) is 15.8. The van der Waals surface area contributed by atoms with E-state index in [0.717, 1.165) is 11.5 Å². The van der Waals surface area contributed by atoms with E-state index >= 15 is 0 Å². The largest absolute Gasteiger partial charge is 0.397 e. The Balaban J connectivity index is 2.37. The van der Waals surface area contributed by atoms with E-state index in [9.17, 15) is 4.79 Å². The van der Waals surface area contributed by atoms with E-state index in [-0.39, 0.29) is 5.91 Å². The second-order valence-electron chi connectivity index (χ2n) is 3.98. The number of nitrogen functional groups attached to an aromatic ring is 1. The fourth-order valence-electron chi connectivity index (χ4n) is 1.81. The van der Waals surface area contributed by atoms with Crippen LogP contribution in [0.15, 0.2) is 30.6 Å². The van der Waals surface area contributed by atoms with Gasteiger partial charge in [0, 0.05) is 24.5 Å². The second-order valence-corrected chi connectivity index (χ2v) is 3.98. The van der Waals surface area contributed by atoms with Gasteiger partial charge in [0.2, 0.25) is 0 Å². The van der Waals surface area contributed by atoms with E-state index in [1.165, 1.54) is 0 Å². The lowest BCUT2D eigenvalue weighted by Crippen LogP contribution is -2.22. The molecule has 0 spiro atoms. The molecule has 0 aliphatic rings. The van der Waals surface area contributed by atoms with E-state index in [4.69, 9.17) is 5.73 Å². The zero-order valence-electron chi connectivity index (χ0n) is 10.5. The number of amides is 1. The first-order chi connectivity index (χ1) is 8.63. The Kier molecular flexibility index (Phi) is 3.32. The molecule has 5 heteroatoms. The van der Waals surface area contributed by atoms with Crippen molar-refractivity contribution in [2.24, 2.45) is 0 Å². The van der Waals surface area contributed by atoms with Gasteiger partial charge in [-0.3, -0.25) is 4.79 Å². The molecule has 0 atom stereocenters. The summed E-state index contributed by atoms with van der Waals surface area (Å²) in [6.45, 7) is 4.38. The predicted molar refractivity (Wildman–Crippen MR) is 70.7 cm³/mol. The average Bonchev–Trinajstić information content (AvgIpc) is 2.75. The van der Waals surface area contributed by atoms with Crippen LogP contribution in [0.5, 0.6) is 0 Å². The summed E-state index contributed by atoms with van der Waals surface area (Å²) >= 11 is 0. The number of rotatable bonds is 3. The molecule has 0 aliphatic heterocycles. The number of carbonyl (C=O) groups excluding carboxylic acids is 1. The molecular weight excluding hydrogens is 228 g/mol. The maximum atomic E-state index is 11.7. The first-order valence-corrected chi connectivity index (χ1v) is 5.81. The lowest BCUT2D eigenvalue weighted by atomic mass is 10.1. The van der Waals surface area contributed by atoms with Crippen molar-refractivity contribution < 1.29 is 4.79 Å². The van der Waals surface area contributed by atoms with Gasteiger partial charge < -0.3 is 15.6 Å². The number of aromatic nitrogens is 2. The van der Waals surface area contributed by atoms with Crippen LogP contribution in [0.25, 0.3) is 5.69 Å². The first-order valence-electron chi connectivity index (χ1n) is 5.81. The number of nitrogens with zero attached hydrogens (tertiary/aromatic N) is 2. The van der Waals surface area contributed by atoms with Crippen LogP contribution >= 0.6 is 0 Å². The highest BCUT2D eigenvalue weighted by Gasteiger charge is 2.09. The SMILES string of the molecule is CCNC(=O)c1ccc(-n2ccnc2C)c(N)c1. The number of hydrogen-bond acceptors (Lipinski definition) is 3. The van der Waals surface area contributed by atoms with Gasteiger partial charge in [-0.1, -0.05) is 0 Å². The van der Waals surface area contributed by atoms with Gasteiger partial charge in [0.25, 0.3) is 5.91 Å². The Morgan fingerprint density at radius 1 is 1.50 bits per heavy atom. The summed E-state index contributed by atoms with van der Waals surface area (Å²) in [6, 6.07) is 5.27. The quantitative estimate of drug-likeness (QED) is 0.804. The highest BCUT2D eigenvalue weighted by Crippen LogP contribution is 2.20. The molecule has 1 aromatic heterocycles. The van der Waals surface area contributed by atoms with Gasteiger partial charge in [-0.15, -0.1) is 0 Å². The molecule has 18 heavy (non-hydrogen) atoms. The Morgan fingerprint density at radius 2 is 2.28 bits per heavy atom. The van der Waals surface area contributed by atoms with Gasteiger partial charge in [-0.25, -0.2) is 4.98 Å². The zero-order chi connectivity index (χ0) is 13.1. The summed E-state index contributed by atoms with van der Waals surface area (Å²) in [5, 5.41) is 2.74. The van der Waals surface area contributed by atoms with Crippen LogP contribution in [0, 0.1) is 6.92 Å². The van der Waals surface area contributed by atoms with E-state index in [1.54, 1.807) is 18.3 Å². The fraction of sp³-hybridized carbons (Fsp3) is 0.231. The number of hydrogen-bond donors (Lipinski definition) is 2. The lowest BCUT2D eigenvalue weighted by molar-refractivity contribution is 0.0956. The molecule has 0 aliphatic carbocycles. The van der Waals surface area contributed by atoms with Crippen LogP contribution in [0.2, 0.25) is 0 Å². The first kappa shape index (κ1) is 12.2. The molecular formula is C13H16N4O. The summed E-state index contributed by atoms with van der Waals surface area (Å²) in [5.74, 6) is 0.741. The van der Waals surface area contributed by atoms with Crippen molar-refractivity contribution in [3.05, 3.63) is 42.0 Å². The van der Waals surface area contributed by atoms with Gasteiger partial charge >= 0.3 is 0 Å². The highest BCUT2D eigenvalue weighted by atomic mass is 16.1. The average molecular weight is 244 g/mol. The van der Waals surface area contributed by atoms with E-state index in [0.29, 0.717) is 17.8 Å². The molecule has 2 aromatic rings. The molecule has 0 saturated carbocycles. The zero-order valence-corrected chi connectivity index (χ0v) is 10.5. The number of aryl methyl sites for hydroxylation is 1. The molecule has 0 radical (unpaired) electrons. The van der Waals surface area contributed by atoms with Crippen LogP contribution in [0.4, 0.5) is 5.69 Å². The Hall–Kier alpha value is -2.30. The minimum absolute atomic E-state index is 0.113. The van der Waals surface area contributed by atoms with Gasteiger partial charge in [0.1, 0.15) is 5.82 Å². The van der Waals surface area contributed by atoms with Crippen molar-refractivity contribution in [1.29, 1.82) is 0 Å². The lowest BCUT2D eigenvalue weighted by Gasteiger charge is -2.10. The van der Waals surface area contributed by atoms with E-state index in [2.05, 4.69) is 10.3 Å². The van der Waals surface area contributed by atoms with Crippen LogP contribution < -0.4 is 11.1 Å². The number of anilines is 1. The Bertz CT molecular complexity index is 574. The molecule has 1 aromatic carbocycles. The summed E-state index contributed by atoms with van der Waals surface area (Å²) in [7, 11) is 0. The molecule has 94 valence electrons. The number of nitrogens with two attached hydrogens (primary N) is 1. The number of benzene rings is 1. The van der Waals surface area contributed by atoms with Crippen LogP contribution in [-0.4, -0.2) is 22.0 Å². The normalized spacial score (nSPS) is 10.3. The van der Waals surface area contributed by atoms with Gasteiger partial charge in [0.15, 0.2) is 0 Å². The predicted octanol–water partition coefficient (Wildman–Crippen LogP) is 1.51. The smallest absolute Gasteiger partial charge is 0.251 e. The van der Waals surface area contributed by atoms with E-state index < -0.39 is 0 Å². The van der Waals surface area contributed by atoms with Crippen molar-refractivity contribution in [3.63, 3.8) is 0 Å². The molecule has 5 nitrogen and oxygen atoms in total. The molecule has 0 fully saturated rings. The molecule has 1 heterocycles. The standard InChI is InChI=1S/C13H16N4O/c1-3-15-13(18)10-4-5-12(11(14)8-10)17-7-6-16-9(17)2/h4-8H,3,14H2,1-2H3,(H,15,18). The van der Waals surface area contributed by atoms with Crippen molar-refractivity contribution in [2.75, 3.05) is 12.3 Å². The third-order valence-electron chi connectivity index (χ3n) is 2.71. The number of carbonyl (C=O) groups is 1. The molecule has 1 amide bonds. The third-order valence-corrected chi connectivity index (χ3v) is 2.71. The third kappa shape index (κ3) is 2.20. The maximum absolute atomic E-state index is 11.7. The monoisotopic (exact) mass is 244 g/mol. The summed E-state index contributed by atoms with van der Waals surface area (Å²) in [5.41, 5.74) is 7.94. The second kappa shape index (κ2) is 4.91. The fourth-order valence-corrected chi connectivity index (χ4v) is 1.81. The Morgan fingerprint density at radius 3 is 2.83 bits per heavy atom.